The lowest BCUT2D eigenvalue weighted by Crippen LogP contribution is -1.87. The van der Waals surface area contributed by atoms with Crippen LogP contribution in [0.3, 0.4) is 0 Å². The maximum atomic E-state index is 6.16. The molecule has 0 N–H and O–H groups in total. The van der Waals surface area contributed by atoms with E-state index in [0.29, 0.717) is 0 Å². The number of ether oxygens (including phenoxy) is 1. The van der Waals surface area contributed by atoms with Gasteiger partial charge in [-0.25, -0.2) is 0 Å². The van der Waals surface area contributed by atoms with Crippen molar-refractivity contribution in [2.24, 2.45) is 0 Å². The van der Waals surface area contributed by atoms with Crippen LogP contribution in [0, 0.1) is 0 Å². The summed E-state index contributed by atoms with van der Waals surface area (Å²) in [7, 11) is 1.68. The van der Waals surface area contributed by atoms with Crippen molar-refractivity contribution in [3.63, 3.8) is 0 Å². The van der Waals surface area contributed by atoms with Gasteiger partial charge < -0.3 is 9.15 Å². The van der Waals surface area contributed by atoms with Gasteiger partial charge in [0.2, 0.25) is 0 Å². The molecule has 0 spiro atoms. The van der Waals surface area contributed by atoms with E-state index in [2.05, 4.69) is 41.8 Å². The van der Waals surface area contributed by atoms with Gasteiger partial charge in [0.15, 0.2) is 0 Å². The minimum atomic E-state index is 0.813. The topological polar surface area (TPSA) is 22.4 Å². The summed E-state index contributed by atoms with van der Waals surface area (Å²) >= 11 is 1.76. The van der Waals surface area contributed by atoms with Crippen LogP contribution >= 0.6 is 11.3 Å². The van der Waals surface area contributed by atoms with E-state index >= 15 is 0 Å². The van der Waals surface area contributed by atoms with Crippen LogP contribution < -0.4 is 4.74 Å². The minimum absolute atomic E-state index is 0.813. The molecule has 3 heteroatoms. The molecule has 2 heterocycles. The second-order valence-corrected chi connectivity index (χ2v) is 6.41. The lowest BCUT2D eigenvalue weighted by atomic mass is 10.0. The summed E-state index contributed by atoms with van der Waals surface area (Å²) in [6, 6.07) is 20.6. The zero-order chi connectivity index (χ0) is 15.6. The Morgan fingerprint density at radius 1 is 0.957 bits per heavy atom. The number of hydrogen-bond acceptors (Lipinski definition) is 3. The van der Waals surface area contributed by atoms with Crippen molar-refractivity contribution in [3.05, 3.63) is 76.7 Å². The second kappa shape index (κ2) is 5.94. The first-order valence-electron chi connectivity index (χ1n) is 7.52. The Kier molecular flexibility index (Phi) is 3.64. The molecule has 0 radical (unpaired) electrons. The van der Waals surface area contributed by atoms with Gasteiger partial charge in [-0.05, 0) is 35.2 Å². The number of hydrogen-bond donors (Lipinski definition) is 0. The first kappa shape index (κ1) is 14.1. The van der Waals surface area contributed by atoms with Gasteiger partial charge in [-0.3, -0.25) is 0 Å². The molecule has 2 nitrogen and oxygen atoms in total. The first-order chi connectivity index (χ1) is 11.3. The summed E-state index contributed by atoms with van der Waals surface area (Å²) in [5.74, 6) is 1.88. The summed E-state index contributed by atoms with van der Waals surface area (Å²) < 4.78 is 11.4. The monoisotopic (exact) mass is 320 g/mol. The fraction of sp³-hybridized carbons (Fsp3) is 0.100. The van der Waals surface area contributed by atoms with Gasteiger partial charge in [0.05, 0.1) is 7.11 Å². The van der Waals surface area contributed by atoms with Crippen LogP contribution in [0.1, 0.15) is 10.6 Å². The Morgan fingerprint density at radius 2 is 1.78 bits per heavy atom. The van der Waals surface area contributed by atoms with Crippen LogP contribution in [0.5, 0.6) is 5.75 Å². The SMILES string of the molecule is COc1ccc(-c2c(Cc3cccs3)oc3ccccc23)cc1. The van der Waals surface area contributed by atoms with E-state index < -0.39 is 0 Å². The molecule has 0 atom stereocenters. The lowest BCUT2D eigenvalue weighted by Gasteiger charge is -2.05. The summed E-state index contributed by atoms with van der Waals surface area (Å²) in [6.07, 6.45) is 0.813. The van der Waals surface area contributed by atoms with Crippen LogP contribution in [0.4, 0.5) is 0 Å². The van der Waals surface area contributed by atoms with Crippen molar-refractivity contribution in [3.8, 4) is 16.9 Å². The molecule has 114 valence electrons. The minimum Gasteiger partial charge on any atom is -0.497 e. The fourth-order valence-electron chi connectivity index (χ4n) is 2.87. The van der Waals surface area contributed by atoms with E-state index in [9.17, 15) is 0 Å². The summed E-state index contributed by atoms with van der Waals surface area (Å²) in [6.45, 7) is 0. The molecule has 0 saturated heterocycles. The number of rotatable bonds is 4. The van der Waals surface area contributed by atoms with Gasteiger partial charge in [-0.15, -0.1) is 11.3 Å². The molecule has 0 aliphatic heterocycles. The highest BCUT2D eigenvalue weighted by Crippen LogP contribution is 2.37. The molecule has 23 heavy (non-hydrogen) atoms. The Hall–Kier alpha value is -2.52. The fourth-order valence-corrected chi connectivity index (χ4v) is 3.57. The third kappa shape index (κ3) is 2.64. The van der Waals surface area contributed by atoms with E-state index in [4.69, 9.17) is 9.15 Å². The van der Waals surface area contributed by atoms with Gasteiger partial charge in [-0.1, -0.05) is 36.4 Å². The normalized spacial score (nSPS) is 11.0. The van der Waals surface area contributed by atoms with Crippen LogP contribution in [0.2, 0.25) is 0 Å². The van der Waals surface area contributed by atoms with Gasteiger partial charge in [0, 0.05) is 22.2 Å². The molecule has 0 amide bonds. The molecule has 0 saturated carbocycles. The van der Waals surface area contributed by atoms with Gasteiger partial charge in [0.25, 0.3) is 0 Å². The van der Waals surface area contributed by atoms with Crippen molar-refractivity contribution in [1.82, 2.24) is 0 Å². The zero-order valence-corrected chi connectivity index (χ0v) is 13.6. The maximum Gasteiger partial charge on any atom is 0.134 e. The van der Waals surface area contributed by atoms with Gasteiger partial charge in [-0.2, -0.15) is 0 Å². The maximum absolute atomic E-state index is 6.16. The average Bonchev–Trinajstić information content (AvgIpc) is 3.22. The Balaban J connectivity index is 1.87. The molecule has 2 aromatic heterocycles. The second-order valence-electron chi connectivity index (χ2n) is 5.38. The number of furan rings is 1. The highest BCUT2D eigenvalue weighted by atomic mass is 32.1. The largest absolute Gasteiger partial charge is 0.497 e. The van der Waals surface area contributed by atoms with Crippen molar-refractivity contribution < 1.29 is 9.15 Å². The van der Waals surface area contributed by atoms with Gasteiger partial charge in [0.1, 0.15) is 17.1 Å². The van der Waals surface area contributed by atoms with Crippen LogP contribution in [0.15, 0.2) is 70.5 Å². The molecular weight excluding hydrogens is 304 g/mol. The Bertz CT molecular complexity index is 918. The van der Waals surface area contributed by atoms with Crippen molar-refractivity contribution in [2.75, 3.05) is 7.11 Å². The van der Waals surface area contributed by atoms with Crippen LogP contribution in [-0.4, -0.2) is 7.11 Å². The number of benzene rings is 2. The summed E-state index contributed by atoms with van der Waals surface area (Å²) in [5.41, 5.74) is 3.27. The smallest absolute Gasteiger partial charge is 0.134 e. The predicted molar refractivity (Wildman–Crippen MR) is 95.3 cm³/mol. The van der Waals surface area contributed by atoms with Crippen molar-refractivity contribution in [2.45, 2.75) is 6.42 Å². The molecule has 0 aliphatic rings. The third-order valence-corrected chi connectivity index (χ3v) is 4.84. The summed E-state index contributed by atoms with van der Waals surface area (Å²) in [5, 5.41) is 3.26. The molecule has 0 aliphatic carbocycles. The lowest BCUT2D eigenvalue weighted by molar-refractivity contribution is 0.415. The molecule has 0 fully saturated rings. The Morgan fingerprint density at radius 3 is 2.52 bits per heavy atom. The molecule has 0 unspecified atom stereocenters. The van der Waals surface area contributed by atoms with E-state index in [1.54, 1.807) is 18.4 Å². The number of thiophene rings is 1. The van der Waals surface area contributed by atoms with E-state index in [1.165, 1.54) is 10.4 Å². The zero-order valence-electron chi connectivity index (χ0n) is 12.8. The van der Waals surface area contributed by atoms with Gasteiger partial charge >= 0.3 is 0 Å². The number of fused-ring (bicyclic) bond motifs is 1. The van der Waals surface area contributed by atoms with Crippen LogP contribution in [-0.2, 0) is 6.42 Å². The van der Waals surface area contributed by atoms with Crippen LogP contribution in [0.25, 0.3) is 22.1 Å². The average molecular weight is 320 g/mol. The van der Waals surface area contributed by atoms with Crippen molar-refractivity contribution >= 4 is 22.3 Å². The van der Waals surface area contributed by atoms with E-state index in [-0.39, 0.29) is 0 Å². The molecule has 4 aromatic rings. The first-order valence-corrected chi connectivity index (χ1v) is 8.40. The Labute approximate surface area is 139 Å². The third-order valence-electron chi connectivity index (χ3n) is 3.96. The standard InChI is InChI=1S/C20H16O2S/c1-21-15-10-8-14(9-11-15)20-17-6-2-3-7-18(17)22-19(20)13-16-5-4-12-23-16/h2-12H,13H2,1H3. The highest BCUT2D eigenvalue weighted by Gasteiger charge is 2.16. The quantitative estimate of drug-likeness (QED) is 0.477. The highest BCUT2D eigenvalue weighted by molar-refractivity contribution is 7.09. The molecule has 2 aromatic carbocycles. The van der Waals surface area contributed by atoms with E-state index in [0.717, 1.165) is 34.5 Å². The number of para-hydroxylation sites is 1. The summed E-state index contributed by atoms with van der Waals surface area (Å²) in [4.78, 5) is 1.30. The molecule has 4 rings (SSSR count). The number of methoxy groups -OCH3 is 1. The van der Waals surface area contributed by atoms with E-state index in [1.807, 2.05) is 24.3 Å². The predicted octanol–water partition coefficient (Wildman–Crippen LogP) is 5.76. The molecule has 0 bridgehead atoms. The molecular formula is C20H16O2S. The van der Waals surface area contributed by atoms with Crippen molar-refractivity contribution in [1.29, 1.82) is 0 Å².